The highest BCUT2D eigenvalue weighted by atomic mass is 127. The van der Waals surface area contributed by atoms with Crippen molar-refractivity contribution in [1.82, 2.24) is 15.6 Å². The normalized spacial score (nSPS) is 12.1. The van der Waals surface area contributed by atoms with E-state index < -0.39 is 0 Å². The van der Waals surface area contributed by atoms with Crippen LogP contribution in [0.2, 0.25) is 0 Å². The van der Waals surface area contributed by atoms with Crippen LogP contribution in [0.5, 0.6) is 17.4 Å². The largest absolute Gasteiger partial charge is 0.497 e. The Labute approximate surface area is 203 Å². The van der Waals surface area contributed by atoms with Gasteiger partial charge in [-0.05, 0) is 37.0 Å². The Bertz CT molecular complexity index is 785. The van der Waals surface area contributed by atoms with Gasteiger partial charge in [-0.3, -0.25) is 4.99 Å². The standard InChI is InChI=1S/C23H34N4O3.HI/c1-6-29-21(17(2)3)12-13-25-23(24-4)27-16-18-10-11-22(26-15-18)30-20-9-7-8-19(14-20)28-5;/h7-11,14-15,17,21H,6,12-13,16H2,1-5H3,(H2,24,25,27);1H. The van der Waals surface area contributed by atoms with E-state index in [1.54, 1.807) is 20.4 Å². The average molecular weight is 542 g/mol. The molecule has 2 N–H and O–H groups in total. The Balaban J connectivity index is 0.00000480. The molecule has 0 fully saturated rings. The van der Waals surface area contributed by atoms with Crippen molar-refractivity contribution >= 4 is 29.9 Å². The summed E-state index contributed by atoms with van der Waals surface area (Å²) in [5.41, 5.74) is 1.03. The van der Waals surface area contributed by atoms with E-state index in [1.165, 1.54) is 0 Å². The first kappa shape index (κ1) is 27.0. The molecule has 7 nitrogen and oxygen atoms in total. The molecule has 0 bridgehead atoms. The number of nitrogens with one attached hydrogen (secondary N) is 2. The van der Waals surface area contributed by atoms with Crippen molar-refractivity contribution in [2.24, 2.45) is 10.9 Å². The number of aromatic nitrogens is 1. The third-order valence-electron chi connectivity index (χ3n) is 4.59. The maximum absolute atomic E-state index is 5.79. The van der Waals surface area contributed by atoms with Crippen LogP contribution in [0.25, 0.3) is 0 Å². The zero-order valence-corrected chi connectivity index (χ0v) is 21.4. The first-order chi connectivity index (χ1) is 14.5. The molecular weight excluding hydrogens is 507 g/mol. The van der Waals surface area contributed by atoms with Gasteiger partial charge in [0.15, 0.2) is 5.96 Å². The van der Waals surface area contributed by atoms with Gasteiger partial charge >= 0.3 is 0 Å². The van der Waals surface area contributed by atoms with Crippen LogP contribution in [0, 0.1) is 5.92 Å². The summed E-state index contributed by atoms with van der Waals surface area (Å²) in [5, 5.41) is 6.65. The number of ether oxygens (including phenoxy) is 3. The molecule has 0 spiro atoms. The molecular formula is C23H35IN4O3. The topological polar surface area (TPSA) is 77.0 Å². The minimum absolute atomic E-state index is 0. The van der Waals surface area contributed by atoms with Crippen molar-refractivity contribution in [1.29, 1.82) is 0 Å². The molecule has 0 amide bonds. The summed E-state index contributed by atoms with van der Waals surface area (Å²) in [6.45, 7) is 8.55. The quantitative estimate of drug-likeness (QED) is 0.245. The number of aliphatic imine (C=N–C) groups is 1. The fourth-order valence-electron chi connectivity index (χ4n) is 2.92. The van der Waals surface area contributed by atoms with Gasteiger partial charge in [0.25, 0.3) is 0 Å². The number of nitrogens with zero attached hydrogens (tertiary/aromatic N) is 2. The number of benzene rings is 1. The van der Waals surface area contributed by atoms with E-state index in [9.17, 15) is 0 Å². The summed E-state index contributed by atoms with van der Waals surface area (Å²) in [7, 11) is 3.39. The Hall–Kier alpha value is -2.07. The summed E-state index contributed by atoms with van der Waals surface area (Å²) in [4.78, 5) is 8.66. The van der Waals surface area contributed by atoms with Crippen LogP contribution in [-0.4, -0.2) is 44.4 Å². The third-order valence-corrected chi connectivity index (χ3v) is 4.59. The second-order valence-electron chi connectivity index (χ2n) is 7.16. The van der Waals surface area contributed by atoms with Crippen molar-refractivity contribution in [2.75, 3.05) is 27.3 Å². The summed E-state index contributed by atoms with van der Waals surface area (Å²) < 4.78 is 16.8. The molecule has 0 aliphatic carbocycles. The number of hydrogen-bond donors (Lipinski definition) is 2. The van der Waals surface area contributed by atoms with Crippen LogP contribution >= 0.6 is 24.0 Å². The third kappa shape index (κ3) is 9.73. The second-order valence-corrected chi connectivity index (χ2v) is 7.16. The van der Waals surface area contributed by atoms with Crippen LogP contribution in [0.4, 0.5) is 0 Å². The number of rotatable bonds is 11. The summed E-state index contributed by atoms with van der Waals surface area (Å²) in [6.07, 6.45) is 2.98. The number of halogens is 1. The molecule has 172 valence electrons. The van der Waals surface area contributed by atoms with E-state index in [2.05, 4.69) is 34.5 Å². The summed E-state index contributed by atoms with van der Waals surface area (Å²) in [5.74, 6) is 3.21. The first-order valence-corrected chi connectivity index (χ1v) is 10.4. The lowest BCUT2D eigenvalue weighted by molar-refractivity contribution is 0.0258. The van der Waals surface area contributed by atoms with Gasteiger partial charge in [0.2, 0.25) is 5.88 Å². The molecule has 0 saturated heterocycles. The van der Waals surface area contributed by atoms with Gasteiger partial charge in [-0.25, -0.2) is 4.98 Å². The van der Waals surface area contributed by atoms with Crippen molar-refractivity contribution in [2.45, 2.75) is 39.8 Å². The molecule has 0 saturated carbocycles. The van der Waals surface area contributed by atoms with Crippen molar-refractivity contribution in [3.8, 4) is 17.4 Å². The molecule has 0 radical (unpaired) electrons. The van der Waals surface area contributed by atoms with Gasteiger partial charge in [-0.2, -0.15) is 0 Å². The molecule has 8 heteroatoms. The van der Waals surface area contributed by atoms with Gasteiger partial charge in [-0.15, -0.1) is 24.0 Å². The summed E-state index contributed by atoms with van der Waals surface area (Å²) >= 11 is 0. The predicted molar refractivity (Wildman–Crippen MR) is 136 cm³/mol. The molecule has 1 atom stereocenters. The fraction of sp³-hybridized carbons (Fsp3) is 0.478. The number of guanidine groups is 1. The molecule has 1 aromatic heterocycles. The first-order valence-electron chi connectivity index (χ1n) is 10.4. The number of methoxy groups -OCH3 is 1. The van der Waals surface area contributed by atoms with Crippen molar-refractivity contribution < 1.29 is 14.2 Å². The van der Waals surface area contributed by atoms with Gasteiger partial charge in [0, 0.05) is 45.1 Å². The molecule has 31 heavy (non-hydrogen) atoms. The highest BCUT2D eigenvalue weighted by molar-refractivity contribution is 14.0. The lowest BCUT2D eigenvalue weighted by atomic mass is 10.0. The molecule has 1 unspecified atom stereocenters. The van der Waals surface area contributed by atoms with E-state index in [-0.39, 0.29) is 30.1 Å². The van der Waals surface area contributed by atoms with Gasteiger partial charge in [-0.1, -0.05) is 26.0 Å². The van der Waals surface area contributed by atoms with Gasteiger partial charge < -0.3 is 24.8 Å². The zero-order valence-electron chi connectivity index (χ0n) is 19.1. The minimum atomic E-state index is 0. The highest BCUT2D eigenvalue weighted by Crippen LogP contribution is 2.23. The van der Waals surface area contributed by atoms with Crippen LogP contribution in [0.15, 0.2) is 47.6 Å². The summed E-state index contributed by atoms with van der Waals surface area (Å²) in [6, 6.07) is 11.3. The molecule has 2 rings (SSSR count). The Kier molecular flexibility index (Phi) is 12.9. The van der Waals surface area contributed by atoms with Crippen LogP contribution in [-0.2, 0) is 11.3 Å². The Morgan fingerprint density at radius 2 is 1.90 bits per heavy atom. The second kappa shape index (κ2) is 14.9. The van der Waals surface area contributed by atoms with Gasteiger partial charge in [0.1, 0.15) is 11.5 Å². The van der Waals surface area contributed by atoms with Crippen molar-refractivity contribution in [3.63, 3.8) is 0 Å². The predicted octanol–water partition coefficient (Wildman–Crippen LogP) is 4.62. The number of pyridine rings is 1. The number of hydrogen-bond acceptors (Lipinski definition) is 5. The van der Waals surface area contributed by atoms with Gasteiger partial charge in [0.05, 0.1) is 13.2 Å². The van der Waals surface area contributed by atoms with E-state index in [1.807, 2.05) is 43.3 Å². The van der Waals surface area contributed by atoms with E-state index in [0.29, 0.717) is 24.1 Å². The highest BCUT2D eigenvalue weighted by Gasteiger charge is 2.13. The molecule has 0 aliphatic rings. The maximum Gasteiger partial charge on any atom is 0.219 e. The maximum atomic E-state index is 5.79. The average Bonchev–Trinajstić information content (AvgIpc) is 2.76. The van der Waals surface area contributed by atoms with Crippen LogP contribution < -0.4 is 20.1 Å². The molecule has 2 aromatic rings. The van der Waals surface area contributed by atoms with Crippen LogP contribution in [0.3, 0.4) is 0 Å². The Morgan fingerprint density at radius 1 is 1.13 bits per heavy atom. The fourth-order valence-corrected chi connectivity index (χ4v) is 2.92. The SMILES string of the molecule is CCOC(CCNC(=NC)NCc1ccc(Oc2cccc(OC)c2)nc1)C(C)C.I. The van der Waals surface area contributed by atoms with E-state index in [0.717, 1.165) is 36.8 Å². The lowest BCUT2D eigenvalue weighted by Gasteiger charge is -2.21. The molecule has 1 aromatic carbocycles. The molecule has 0 aliphatic heterocycles. The van der Waals surface area contributed by atoms with E-state index >= 15 is 0 Å². The molecule has 1 heterocycles. The Morgan fingerprint density at radius 3 is 2.52 bits per heavy atom. The monoisotopic (exact) mass is 542 g/mol. The van der Waals surface area contributed by atoms with E-state index in [4.69, 9.17) is 14.2 Å². The minimum Gasteiger partial charge on any atom is -0.497 e. The van der Waals surface area contributed by atoms with Crippen molar-refractivity contribution in [3.05, 3.63) is 48.2 Å². The van der Waals surface area contributed by atoms with Crippen LogP contribution in [0.1, 0.15) is 32.8 Å². The lowest BCUT2D eigenvalue weighted by Crippen LogP contribution is -2.38. The zero-order chi connectivity index (χ0) is 21.8. The smallest absolute Gasteiger partial charge is 0.219 e.